The van der Waals surface area contributed by atoms with Crippen LogP contribution in [0.2, 0.25) is 0 Å². The molecule has 2 aliphatic rings. The smallest absolute Gasteiger partial charge is 0.191 e. The highest BCUT2D eigenvalue weighted by atomic mass is 127. The van der Waals surface area contributed by atoms with Gasteiger partial charge >= 0.3 is 0 Å². The number of guanidine groups is 1. The summed E-state index contributed by atoms with van der Waals surface area (Å²) in [5.74, 6) is 1.66. The van der Waals surface area contributed by atoms with Gasteiger partial charge in [0.15, 0.2) is 5.96 Å². The van der Waals surface area contributed by atoms with Crippen molar-refractivity contribution in [1.29, 1.82) is 0 Å². The molecule has 3 rings (SSSR count). The van der Waals surface area contributed by atoms with Crippen LogP contribution < -0.4 is 10.6 Å². The van der Waals surface area contributed by atoms with Gasteiger partial charge in [-0.15, -0.1) is 35.3 Å². The van der Waals surface area contributed by atoms with E-state index in [0.29, 0.717) is 0 Å². The summed E-state index contributed by atoms with van der Waals surface area (Å²) in [5.41, 5.74) is 1.39. The number of nitrogens with zero attached hydrogens (tertiary/aromatic N) is 4. The van der Waals surface area contributed by atoms with Crippen LogP contribution in [0.1, 0.15) is 56.7 Å². The average Bonchev–Trinajstić information content (AvgIpc) is 3.14. The van der Waals surface area contributed by atoms with Crippen LogP contribution in [0, 0.1) is 12.8 Å². The molecule has 0 amide bonds. The van der Waals surface area contributed by atoms with Crippen molar-refractivity contribution in [3.05, 3.63) is 16.1 Å². The van der Waals surface area contributed by atoms with E-state index < -0.39 is 0 Å². The highest BCUT2D eigenvalue weighted by molar-refractivity contribution is 14.0. The molecular formula is C22H41IN6S. The number of halogens is 1. The van der Waals surface area contributed by atoms with E-state index in [1.54, 1.807) is 11.3 Å². The molecule has 0 saturated carbocycles. The van der Waals surface area contributed by atoms with Crippen LogP contribution >= 0.6 is 35.3 Å². The van der Waals surface area contributed by atoms with E-state index in [9.17, 15) is 0 Å². The predicted molar refractivity (Wildman–Crippen MR) is 139 cm³/mol. The van der Waals surface area contributed by atoms with E-state index >= 15 is 0 Å². The molecule has 0 aliphatic carbocycles. The van der Waals surface area contributed by atoms with Gasteiger partial charge in [0.25, 0.3) is 0 Å². The van der Waals surface area contributed by atoms with Gasteiger partial charge in [0.2, 0.25) is 0 Å². The first kappa shape index (κ1) is 25.8. The maximum atomic E-state index is 4.61. The molecule has 0 bridgehead atoms. The quantitative estimate of drug-likeness (QED) is 0.309. The molecule has 6 nitrogen and oxygen atoms in total. The summed E-state index contributed by atoms with van der Waals surface area (Å²) in [6.07, 6.45) is 6.53. The van der Waals surface area contributed by atoms with Gasteiger partial charge in [-0.1, -0.05) is 6.42 Å². The van der Waals surface area contributed by atoms with E-state index in [0.717, 1.165) is 44.6 Å². The van der Waals surface area contributed by atoms with Gasteiger partial charge in [0, 0.05) is 37.6 Å². The van der Waals surface area contributed by atoms with E-state index in [1.165, 1.54) is 55.9 Å². The molecule has 3 heterocycles. The summed E-state index contributed by atoms with van der Waals surface area (Å²) in [6.45, 7) is 14.5. The number of nitrogens with one attached hydrogen (secondary N) is 2. The molecule has 0 spiro atoms. The first-order valence-corrected chi connectivity index (χ1v) is 12.2. The Labute approximate surface area is 204 Å². The van der Waals surface area contributed by atoms with Crippen molar-refractivity contribution in [2.24, 2.45) is 10.9 Å². The summed E-state index contributed by atoms with van der Waals surface area (Å²) >= 11 is 1.75. The Hall–Kier alpha value is -0.450. The first-order chi connectivity index (χ1) is 14.0. The Morgan fingerprint density at radius 2 is 1.87 bits per heavy atom. The Balaban J connectivity index is 0.00000320. The maximum Gasteiger partial charge on any atom is 0.191 e. The summed E-state index contributed by atoms with van der Waals surface area (Å²) in [7, 11) is 1.88. The molecule has 0 aromatic carbocycles. The lowest BCUT2D eigenvalue weighted by molar-refractivity contribution is 0.0982. The number of thiazole rings is 1. The van der Waals surface area contributed by atoms with E-state index in [-0.39, 0.29) is 29.5 Å². The molecule has 30 heavy (non-hydrogen) atoms. The van der Waals surface area contributed by atoms with Gasteiger partial charge in [0.1, 0.15) is 0 Å². The highest BCUT2D eigenvalue weighted by Gasteiger charge is 2.28. The standard InChI is InChI=1S/C22H40N6S.HI/c1-18-26-20(16-29-18)15-27-12-8-19(9-13-27)14-24-21(23-4)25-17-22(2,3)28-10-6-5-7-11-28;/h16,19H,5-15,17H2,1-4H3,(H2,23,24,25);1H. The molecule has 2 N–H and O–H groups in total. The third-order valence-electron chi connectivity index (χ3n) is 6.44. The number of aliphatic imine (C=N–C) groups is 1. The molecule has 0 radical (unpaired) electrons. The van der Waals surface area contributed by atoms with Crippen molar-refractivity contribution in [3.63, 3.8) is 0 Å². The fraction of sp³-hybridized carbons (Fsp3) is 0.818. The van der Waals surface area contributed by atoms with Crippen molar-refractivity contribution in [1.82, 2.24) is 25.4 Å². The van der Waals surface area contributed by atoms with E-state index in [2.05, 4.69) is 56.6 Å². The molecule has 1 aromatic heterocycles. The molecular weight excluding hydrogens is 507 g/mol. The lowest BCUT2D eigenvalue weighted by Gasteiger charge is -2.41. The number of hydrogen-bond donors (Lipinski definition) is 2. The highest BCUT2D eigenvalue weighted by Crippen LogP contribution is 2.21. The van der Waals surface area contributed by atoms with E-state index in [4.69, 9.17) is 0 Å². The van der Waals surface area contributed by atoms with Crippen molar-refractivity contribution in [2.75, 3.05) is 46.3 Å². The van der Waals surface area contributed by atoms with Gasteiger partial charge in [0.05, 0.1) is 10.7 Å². The third-order valence-corrected chi connectivity index (χ3v) is 7.26. The third kappa shape index (κ3) is 7.91. The van der Waals surface area contributed by atoms with Crippen LogP contribution in [0.25, 0.3) is 0 Å². The number of rotatable bonds is 7. The fourth-order valence-corrected chi connectivity index (χ4v) is 5.04. The normalized spacial score (nSPS) is 20.1. The maximum absolute atomic E-state index is 4.61. The second-order valence-corrected chi connectivity index (χ2v) is 10.3. The fourth-order valence-electron chi connectivity index (χ4n) is 4.43. The first-order valence-electron chi connectivity index (χ1n) is 11.3. The molecule has 172 valence electrons. The number of aromatic nitrogens is 1. The van der Waals surface area contributed by atoms with Crippen LogP contribution in [-0.4, -0.2) is 72.6 Å². The minimum atomic E-state index is 0. The number of hydrogen-bond acceptors (Lipinski definition) is 5. The summed E-state index contributed by atoms with van der Waals surface area (Å²) in [5, 5.41) is 10.5. The molecule has 0 unspecified atom stereocenters. The minimum absolute atomic E-state index is 0. The van der Waals surface area contributed by atoms with Crippen LogP contribution in [0.3, 0.4) is 0 Å². The minimum Gasteiger partial charge on any atom is -0.356 e. The monoisotopic (exact) mass is 548 g/mol. The lowest BCUT2D eigenvalue weighted by atomic mass is 9.96. The van der Waals surface area contributed by atoms with Crippen LogP contribution in [0.15, 0.2) is 10.4 Å². The summed E-state index contributed by atoms with van der Waals surface area (Å²) in [4.78, 5) is 14.2. The molecule has 0 atom stereocenters. The van der Waals surface area contributed by atoms with Gasteiger partial charge in [-0.3, -0.25) is 14.8 Å². The zero-order valence-electron chi connectivity index (χ0n) is 19.2. The van der Waals surface area contributed by atoms with Crippen molar-refractivity contribution >= 4 is 41.3 Å². The van der Waals surface area contributed by atoms with Gasteiger partial charge in [-0.05, 0) is 78.6 Å². The van der Waals surface area contributed by atoms with E-state index in [1.807, 2.05) is 7.05 Å². The second kappa shape index (κ2) is 12.6. The van der Waals surface area contributed by atoms with Crippen LogP contribution in [0.4, 0.5) is 0 Å². The summed E-state index contributed by atoms with van der Waals surface area (Å²) < 4.78 is 0. The Morgan fingerprint density at radius 1 is 1.17 bits per heavy atom. The molecule has 2 saturated heterocycles. The van der Waals surface area contributed by atoms with Crippen molar-refractivity contribution < 1.29 is 0 Å². The number of piperidine rings is 2. The van der Waals surface area contributed by atoms with Gasteiger partial charge in [-0.25, -0.2) is 4.98 Å². The Bertz CT molecular complexity index is 648. The van der Waals surface area contributed by atoms with Crippen molar-refractivity contribution in [3.8, 4) is 0 Å². The van der Waals surface area contributed by atoms with Crippen LogP contribution in [0.5, 0.6) is 0 Å². The number of likely N-dealkylation sites (tertiary alicyclic amines) is 2. The largest absolute Gasteiger partial charge is 0.356 e. The molecule has 2 aliphatic heterocycles. The summed E-state index contributed by atoms with van der Waals surface area (Å²) in [6, 6.07) is 0. The Morgan fingerprint density at radius 3 is 2.47 bits per heavy atom. The molecule has 2 fully saturated rings. The SMILES string of the molecule is CN=C(NCC1CCN(Cc2csc(C)n2)CC1)NCC(C)(C)N1CCCCC1.I. The zero-order valence-corrected chi connectivity index (χ0v) is 22.4. The number of aryl methyl sites for hydroxylation is 1. The molecule has 8 heteroatoms. The molecule has 1 aromatic rings. The predicted octanol–water partition coefficient (Wildman–Crippen LogP) is 3.71. The second-order valence-electron chi connectivity index (χ2n) is 9.24. The van der Waals surface area contributed by atoms with Crippen LogP contribution in [-0.2, 0) is 6.54 Å². The lowest BCUT2D eigenvalue weighted by Crippen LogP contribution is -2.55. The Kier molecular flexibility index (Phi) is 10.8. The zero-order chi connectivity index (χ0) is 20.7. The van der Waals surface area contributed by atoms with Gasteiger partial charge in [-0.2, -0.15) is 0 Å². The van der Waals surface area contributed by atoms with Crippen molar-refractivity contribution in [2.45, 2.75) is 65.0 Å². The van der Waals surface area contributed by atoms with Gasteiger partial charge < -0.3 is 10.6 Å². The average molecular weight is 549 g/mol. The topological polar surface area (TPSA) is 55.8 Å².